The van der Waals surface area contributed by atoms with Crippen molar-refractivity contribution >= 4 is 0 Å². The van der Waals surface area contributed by atoms with E-state index in [1.165, 1.54) is 12.1 Å². The van der Waals surface area contributed by atoms with Gasteiger partial charge in [0.2, 0.25) is 0 Å². The molecule has 0 unspecified atom stereocenters. The third-order valence-electron chi connectivity index (χ3n) is 2.39. The predicted octanol–water partition coefficient (Wildman–Crippen LogP) is 1.57. The second-order valence-electron chi connectivity index (χ2n) is 3.95. The molecule has 0 aliphatic rings. The first-order valence-electron chi connectivity index (χ1n) is 6.46. The lowest BCUT2D eigenvalue weighted by Crippen LogP contribution is -2.07. The molecule has 0 bridgehead atoms. The van der Waals surface area contributed by atoms with Crippen molar-refractivity contribution in [3.05, 3.63) is 29.6 Å². The molecular formula is C15H20FNO3. The number of hydrogen-bond donors (Lipinski definition) is 1. The predicted molar refractivity (Wildman–Crippen MR) is 75.1 cm³/mol. The summed E-state index contributed by atoms with van der Waals surface area (Å²) in [5.41, 5.74) is 5.82. The lowest BCUT2D eigenvalue weighted by molar-refractivity contribution is 0.0644. The van der Waals surface area contributed by atoms with Gasteiger partial charge in [0.25, 0.3) is 0 Å². The van der Waals surface area contributed by atoms with Crippen molar-refractivity contribution in [3.63, 3.8) is 0 Å². The van der Waals surface area contributed by atoms with Gasteiger partial charge >= 0.3 is 0 Å². The zero-order chi connectivity index (χ0) is 14.6. The van der Waals surface area contributed by atoms with Gasteiger partial charge in [-0.3, -0.25) is 0 Å². The summed E-state index contributed by atoms with van der Waals surface area (Å²) in [4.78, 5) is 0. The first-order chi connectivity index (χ1) is 9.77. The molecule has 1 aromatic carbocycles. The van der Waals surface area contributed by atoms with Crippen LogP contribution in [0.25, 0.3) is 0 Å². The normalized spacial score (nSPS) is 9.95. The molecule has 1 rings (SSSR count). The van der Waals surface area contributed by atoms with E-state index in [9.17, 15) is 4.39 Å². The van der Waals surface area contributed by atoms with E-state index in [-0.39, 0.29) is 12.4 Å². The van der Waals surface area contributed by atoms with Crippen molar-refractivity contribution in [1.29, 1.82) is 0 Å². The average molecular weight is 281 g/mol. The highest BCUT2D eigenvalue weighted by Gasteiger charge is 2.03. The highest BCUT2D eigenvalue weighted by atomic mass is 19.1. The summed E-state index contributed by atoms with van der Waals surface area (Å²) in [7, 11) is 1.63. The minimum Gasteiger partial charge on any atom is -0.492 e. The highest BCUT2D eigenvalue weighted by molar-refractivity contribution is 5.46. The van der Waals surface area contributed by atoms with Gasteiger partial charge in [-0.2, -0.15) is 0 Å². The minimum atomic E-state index is -0.346. The molecule has 0 aliphatic carbocycles. The molecule has 0 spiro atoms. The Morgan fingerprint density at radius 2 is 2.05 bits per heavy atom. The maximum absolute atomic E-state index is 13.1. The van der Waals surface area contributed by atoms with Gasteiger partial charge in [-0.25, -0.2) is 4.39 Å². The molecule has 5 heteroatoms. The van der Waals surface area contributed by atoms with Crippen LogP contribution in [0.4, 0.5) is 4.39 Å². The Hall–Kier alpha value is -1.61. The van der Waals surface area contributed by atoms with Gasteiger partial charge in [0.15, 0.2) is 0 Å². The smallest absolute Gasteiger partial charge is 0.135 e. The van der Waals surface area contributed by atoms with E-state index in [2.05, 4.69) is 11.8 Å². The van der Waals surface area contributed by atoms with Gasteiger partial charge in [0, 0.05) is 20.1 Å². The van der Waals surface area contributed by atoms with Gasteiger partial charge in [-0.1, -0.05) is 11.8 Å². The number of rotatable bonds is 8. The van der Waals surface area contributed by atoms with Gasteiger partial charge in [0.05, 0.1) is 31.9 Å². The molecule has 0 radical (unpaired) electrons. The molecule has 4 nitrogen and oxygen atoms in total. The molecule has 110 valence electrons. The highest BCUT2D eigenvalue weighted by Crippen LogP contribution is 2.18. The first kappa shape index (κ1) is 16.4. The molecule has 20 heavy (non-hydrogen) atoms. The van der Waals surface area contributed by atoms with Crippen LogP contribution in [-0.2, 0) is 9.47 Å². The summed E-state index contributed by atoms with van der Waals surface area (Å²) in [5, 5.41) is 0. The van der Waals surface area contributed by atoms with E-state index < -0.39 is 0 Å². The van der Waals surface area contributed by atoms with Crippen LogP contribution in [0, 0.1) is 17.7 Å². The minimum absolute atomic E-state index is 0.225. The average Bonchev–Trinajstić information content (AvgIpc) is 2.45. The molecular weight excluding hydrogens is 261 g/mol. The van der Waals surface area contributed by atoms with Gasteiger partial charge in [-0.15, -0.1) is 0 Å². The van der Waals surface area contributed by atoms with Crippen LogP contribution in [-0.4, -0.2) is 40.1 Å². The van der Waals surface area contributed by atoms with E-state index in [1.807, 2.05) is 0 Å². The van der Waals surface area contributed by atoms with Crippen molar-refractivity contribution in [3.8, 4) is 17.6 Å². The Kier molecular flexibility index (Phi) is 8.40. The first-order valence-corrected chi connectivity index (χ1v) is 6.46. The molecule has 0 aliphatic heterocycles. The Bertz CT molecular complexity index is 454. The summed E-state index contributed by atoms with van der Waals surface area (Å²) < 4.78 is 28.9. The van der Waals surface area contributed by atoms with Crippen LogP contribution >= 0.6 is 0 Å². The van der Waals surface area contributed by atoms with E-state index in [0.29, 0.717) is 37.7 Å². The van der Waals surface area contributed by atoms with Crippen molar-refractivity contribution in [2.75, 3.05) is 40.1 Å². The van der Waals surface area contributed by atoms with Crippen molar-refractivity contribution in [2.45, 2.75) is 6.42 Å². The number of halogens is 1. The number of nitrogens with two attached hydrogens (primary N) is 1. The molecule has 0 saturated carbocycles. The van der Waals surface area contributed by atoms with Gasteiger partial charge in [-0.05, 0) is 18.2 Å². The van der Waals surface area contributed by atoms with Crippen LogP contribution in [0.5, 0.6) is 5.75 Å². The fraction of sp³-hybridized carbons (Fsp3) is 0.467. The number of methoxy groups -OCH3 is 1. The molecule has 0 aromatic heterocycles. The summed E-state index contributed by atoms with van der Waals surface area (Å²) in [6, 6.07) is 4.26. The van der Waals surface area contributed by atoms with Crippen LogP contribution in [0.3, 0.4) is 0 Å². The Balaban J connectivity index is 2.39. The summed E-state index contributed by atoms with van der Waals surface area (Å²) in [5.74, 6) is 5.70. The Morgan fingerprint density at radius 3 is 2.80 bits per heavy atom. The largest absolute Gasteiger partial charge is 0.492 e. The standard InChI is InChI=1S/C15H20FNO3/c1-18-10-11-19-8-3-9-20-15-6-5-14(16)12-13(15)4-2-7-17/h5-6,12H,3,7-11,17H2,1H3. The molecule has 0 atom stereocenters. The second-order valence-corrected chi connectivity index (χ2v) is 3.95. The van der Waals surface area contributed by atoms with Crippen LogP contribution in [0.2, 0.25) is 0 Å². The summed E-state index contributed by atoms with van der Waals surface area (Å²) in [6.07, 6.45) is 0.741. The second kappa shape index (κ2) is 10.2. The topological polar surface area (TPSA) is 53.7 Å². The van der Waals surface area contributed by atoms with Crippen molar-refractivity contribution < 1.29 is 18.6 Å². The summed E-state index contributed by atoms with van der Waals surface area (Å²) in [6.45, 7) is 2.45. The van der Waals surface area contributed by atoms with E-state index in [0.717, 1.165) is 6.42 Å². The zero-order valence-corrected chi connectivity index (χ0v) is 11.7. The summed E-state index contributed by atoms with van der Waals surface area (Å²) >= 11 is 0. The molecule has 0 amide bonds. The maximum atomic E-state index is 13.1. The lowest BCUT2D eigenvalue weighted by Gasteiger charge is -2.08. The van der Waals surface area contributed by atoms with Crippen LogP contribution in [0.1, 0.15) is 12.0 Å². The van der Waals surface area contributed by atoms with E-state index >= 15 is 0 Å². The fourth-order valence-electron chi connectivity index (χ4n) is 1.46. The van der Waals surface area contributed by atoms with Crippen LogP contribution < -0.4 is 10.5 Å². The van der Waals surface area contributed by atoms with E-state index in [1.54, 1.807) is 13.2 Å². The molecule has 0 heterocycles. The number of benzene rings is 1. The van der Waals surface area contributed by atoms with E-state index in [4.69, 9.17) is 19.9 Å². The molecule has 0 saturated heterocycles. The molecule has 0 fully saturated rings. The molecule has 2 N–H and O–H groups in total. The lowest BCUT2D eigenvalue weighted by atomic mass is 10.2. The Labute approximate surface area is 119 Å². The van der Waals surface area contributed by atoms with Gasteiger partial charge in [0.1, 0.15) is 11.6 Å². The number of ether oxygens (including phenoxy) is 3. The molecule has 1 aromatic rings. The number of hydrogen-bond acceptors (Lipinski definition) is 4. The van der Waals surface area contributed by atoms with Gasteiger partial charge < -0.3 is 19.9 Å². The third kappa shape index (κ3) is 6.53. The monoisotopic (exact) mass is 281 g/mol. The van der Waals surface area contributed by atoms with Crippen LogP contribution in [0.15, 0.2) is 18.2 Å². The maximum Gasteiger partial charge on any atom is 0.135 e. The zero-order valence-electron chi connectivity index (χ0n) is 11.7. The fourth-order valence-corrected chi connectivity index (χ4v) is 1.46. The van der Waals surface area contributed by atoms with Crippen molar-refractivity contribution in [1.82, 2.24) is 0 Å². The Morgan fingerprint density at radius 1 is 1.20 bits per heavy atom. The van der Waals surface area contributed by atoms with Crippen molar-refractivity contribution in [2.24, 2.45) is 5.73 Å². The SMILES string of the molecule is COCCOCCCOc1ccc(F)cc1C#CCN. The quantitative estimate of drug-likeness (QED) is 0.580. The third-order valence-corrected chi connectivity index (χ3v) is 2.39.